The third kappa shape index (κ3) is 2.07. The zero-order valence-corrected chi connectivity index (χ0v) is 10.6. The average molecular weight is 244 g/mol. The Hall–Kier alpha value is -2.66. The molecule has 0 bridgehead atoms. The second kappa shape index (κ2) is 4.55. The van der Waals surface area contributed by atoms with E-state index in [9.17, 15) is 0 Å². The van der Waals surface area contributed by atoms with E-state index < -0.39 is 0 Å². The number of aryl methyl sites for hydroxylation is 1. The Kier molecular flexibility index (Phi) is 2.74. The van der Waals surface area contributed by atoms with Crippen molar-refractivity contribution in [3.63, 3.8) is 0 Å². The summed E-state index contributed by atoms with van der Waals surface area (Å²) in [5, 5.41) is 11.3. The van der Waals surface area contributed by atoms with Crippen molar-refractivity contribution in [1.29, 1.82) is 5.26 Å². The maximum absolute atomic E-state index is 9.01. The molecule has 2 aromatic carbocycles. The molecule has 1 heterocycles. The molecule has 0 aliphatic rings. The fourth-order valence-corrected chi connectivity index (χ4v) is 2.28. The minimum absolute atomic E-state index is 0.681. The van der Waals surface area contributed by atoms with E-state index in [0.717, 1.165) is 22.2 Å². The van der Waals surface area contributed by atoms with Gasteiger partial charge in [-0.1, -0.05) is 30.3 Å². The molecule has 2 heteroatoms. The minimum Gasteiger partial charge on any atom is -0.261 e. The zero-order valence-electron chi connectivity index (χ0n) is 10.6. The molecule has 19 heavy (non-hydrogen) atoms. The van der Waals surface area contributed by atoms with Crippen LogP contribution in [-0.4, -0.2) is 4.98 Å². The summed E-state index contributed by atoms with van der Waals surface area (Å²) in [6.45, 7) is 1.99. The highest BCUT2D eigenvalue weighted by Crippen LogP contribution is 2.29. The summed E-state index contributed by atoms with van der Waals surface area (Å²) in [6, 6.07) is 18.1. The van der Waals surface area contributed by atoms with Crippen LogP contribution in [0.3, 0.4) is 0 Å². The van der Waals surface area contributed by atoms with Gasteiger partial charge in [0.1, 0.15) is 0 Å². The molecule has 1 aromatic heterocycles. The highest BCUT2D eigenvalue weighted by Gasteiger charge is 2.05. The van der Waals surface area contributed by atoms with Crippen LogP contribution < -0.4 is 0 Å². The van der Waals surface area contributed by atoms with Crippen molar-refractivity contribution in [3.05, 3.63) is 66.0 Å². The molecule has 0 saturated carbocycles. The topological polar surface area (TPSA) is 36.7 Å². The quantitative estimate of drug-likeness (QED) is 0.646. The second-order valence-electron chi connectivity index (χ2n) is 4.55. The molecule has 0 amide bonds. The molecule has 0 aliphatic heterocycles. The molecule has 90 valence electrons. The van der Waals surface area contributed by atoms with Gasteiger partial charge in [0.05, 0.1) is 11.6 Å². The molecule has 0 N–H and O–H groups in total. The molecule has 3 rings (SSSR count). The number of pyridine rings is 1. The van der Waals surface area contributed by atoms with Crippen LogP contribution in [0, 0.1) is 18.3 Å². The summed E-state index contributed by atoms with van der Waals surface area (Å²) in [6.07, 6.45) is 1.89. The Morgan fingerprint density at radius 3 is 2.74 bits per heavy atom. The standard InChI is InChI=1S/C17H12N2/c1-12-8-17-15(11-19-12)6-3-7-16(17)14-5-2-4-13(9-14)10-18/h2-9,11H,1H3. The van der Waals surface area contributed by atoms with Gasteiger partial charge in [-0.3, -0.25) is 4.98 Å². The lowest BCUT2D eigenvalue weighted by Gasteiger charge is -2.07. The van der Waals surface area contributed by atoms with Gasteiger partial charge in [-0.15, -0.1) is 0 Å². The fraction of sp³-hybridized carbons (Fsp3) is 0.0588. The Balaban J connectivity index is 2.30. The van der Waals surface area contributed by atoms with E-state index >= 15 is 0 Å². The lowest BCUT2D eigenvalue weighted by atomic mass is 9.98. The Labute approximate surface area is 112 Å². The molecule has 0 atom stereocenters. The first-order chi connectivity index (χ1) is 9.28. The largest absolute Gasteiger partial charge is 0.261 e. The average Bonchev–Trinajstić information content (AvgIpc) is 2.46. The number of benzene rings is 2. The van der Waals surface area contributed by atoms with Crippen LogP contribution in [-0.2, 0) is 0 Å². The molecular weight excluding hydrogens is 232 g/mol. The predicted octanol–water partition coefficient (Wildman–Crippen LogP) is 4.08. The van der Waals surface area contributed by atoms with Gasteiger partial charge < -0.3 is 0 Å². The summed E-state index contributed by atoms with van der Waals surface area (Å²) in [5.41, 5.74) is 3.88. The van der Waals surface area contributed by atoms with Crippen molar-refractivity contribution in [3.8, 4) is 17.2 Å². The van der Waals surface area contributed by atoms with Crippen molar-refractivity contribution in [2.24, 2.45) is 0 Å². The van der Waals surface area contributed by atoms with Gasteiger partial charge in [-0.25, -0.2) is 0 Å². The second-order valence-corrected chi connectivity index (χ2v) is 4.55. The van der Waals surface area contributed by atoms with Crippen LogP contribution in [0.25, 0.3) is 21.9 Å². The van der Waals surface area contributed by atoms with Gasteiger partial charge in [-0.05, 0) is 41.6 Å². The molecule has 0 spiro atoms. The molecule has 0 unspecified atom stereocenters. The molecule has 0 aliphatic carbocycles. The Morgan fingerprint density at radius 1 is 1.05 bits per heavy atom. The van der Waals surface area contributed by atoms with Crippen molar-refractivity contribution < 1.29 is 0 Å². The normalized spacial score (nSPS) is 10.3. The van der Waals surface area contributed by atoms with Gasteiger partial charge in [0.25, 0.3) is 0 Å². The van der Waals surface area contributed by atoms with Gasteiger partial charge >= 0.3 is 0 Å². The molecule has 0 radical (unpaired) electrons. The first-order valence-electron chi connectivity index (χ1n) is 6.14. The smallest absolute Gasteiger partial charge is 0.0991 e. The van der Waals surface area contributed by atoms with Crippen LogP contribution in [0.15, 0.2) is 54.7 Å². The number of hydrogen-bond acceptors (Lipinski definition) is 2. The number of nitrogens with zero attached hydrogens (tertiary/aromatic N) is 2. The first-order valence-corrected chi connectivity index (χ1v) is 6.14. The summed E-state index contributed by atoms with van der Waals surface area (Å²) < 4.78 is 0. The lowest BCUT2D eigenvalue weighted by Crippen LogP contribution is -1.86. The molecule has 0 saturated heterocycles. The zero-order chi connectivity index (χ0) is 13.2. The maximum Gasteiger partial charge on any atom is 0.0991 e. The van der Waals surface area contributed by atoms with Crippen LogP contribution in [0.5, 0.6) is 0 Å². The van der Waals surface area contributed by atoms with E-state index in [-0.39, 0.29) is 0 Å². The number of rotatable bonds is 1. The number of fused-ring (bicyclic) bond motifs is 1. The van der Waals surface area contributed by atoms with Crippen LogP contribution in [0.1, 0.15) is 11.3 Å². The third-order valence-corrected chi connectivity index (χ3v) is 3.20. The monoisotopic (exact) mass is 244 g/mol. The minimum atomic E-state index is 0.681. The number of hydrogen-bond donors (Lipinski definition) is 0. The van der Waals surface area contributed by atoms with Crippen molar-refractivity contribution >= 4 is 10.8 Å². The highest BCUT2D eigenvalue weighted by atomic mass is 14.7. The lowest BCUT2D eigenvalue weighted by molar-refractivity contribution is 1.22. The summed E-state index contributed by atoms with van der Waals surface area (Å²) >= 11 is 0. The summed E-state index contributed by atoms with van der Waals surface area (Å²) in [7, 11) is 0. The van der Waals surface area contributed by atoms with E-state index in [4.69, 9.17) is 5.26 Å². The maximum atomic E-state index is 9.01. The molecule has 2 nitrogen and oxygen atoms in total. The van der Waals surface area contributed by atoms with Crippen LogP contribution in [0.2, 0.25) is 0 Å². The number of nitriles is 1. The van der Waals surface area contributed by atoms with Gasteiger partial charge in [0.15, 0.2) is 0 Å². The Bertz CT molecular complexity index is 798. The Morgan fingerprint density at radius 2 is 1.89 bits per heavy atom. The van der Waals surface area contributed by atoms with E-state index in [1.807, 2.05) is 43.5 Å². The van der Waals surface area contributed by atoms with Crippen LogP contribution >= 0.6 is 0 Å². The first kappa shape index (κ1) is 11.4. The highest BCUT2D eigenvalue weighted by molar-refractivity contribution is 5.96. The fourth-order valence-electron chi connectivity index (χ4n) is 2.28. The van der Waals surface area contributed by atoms with E-state index in [0.29, 0.717) is 5.56 Å². The molecule has 3 aromatic rings. The van der Waals surface area contributed by atoms with E-state index in [1.165, 1.54) is 5.39 Å². The SMILES string of the molecule is Cc1cc2c(-c3cccc(C#N)c3)cccc2cn1. The van der Waals surface area contributed by atoms with Crippen molar-refractivity contribution in [2.45, 2.75) is 6.92 Å². The van der Waals surface area contributed by atoms with Gasteiger partial charge in [0.2, 0.25) is 0 Å². The third-order valence-electron chi connectivity index (χ3n) is 3.20. The van der Waals surface area contributed by atoms with Gasteiger partial charge in [-0.2, -0.15) is 5.26 Å². The number of aromatic nitrogens is 1. The van der Waals surface area contributed by atoms with Crippen LogP contribution in [0.4, 0.5) is 0 Å². The summed E-state index contributed by atoms with van der Waals surface area (Å²) in [4.78, 5) is 4.32. The van der Waals surface area contributed by atoms with Crippen molar-refractivity contribution in [2.75, 3.05) is 0 Å². The summed E-state index contributed by atoms with van der Waals surface area (Å²) in [5.74, 6) is 0. The van der Waals surface area contributed by atoms with Gasteiger partial charge in [0, 0.05) is 17.3 Å². The van der Waals surface area contributed by atoms with E-state index in [1.54, 1.807) is 0 Å². The molecular formula is C17H12N2. The van der Waals surface area contributed by atoms with Crippen molar-refractivity contribution in [1.82, 2.24) is 4.98 Å². The van der Waals surface area contributed by atoms with E-state index in [2.05, 4.69) is 29.3 Å². The molecule has 0 fully saturated rings. The predicted molar refractivity (Wildman–Crippen MR) is 76.6 cm³/mol.